The molecule has 0 radical (unpaired) electrons. The van der Waals surface area contributed by atoms with Gasteiger partial charge in [-0.3, -0.25) is 9.59 Å². The Labute approximate surface area is 96.1 Å². The Hall–Kier alpha value is -1.31. The second-order valence-electron chi connectivity index (χ2n) is 3.42. The quantitative estimate of drug-likeness (QED) is 0.720. The molecule has 0 saturated carbocycles. The van der Waals surface area contributed by atoms with Crippen LogP contribution in [0.15, 0.2) is 0 Å². The molecule has 0 heterocycles. The molecule has 0 aromatic carbocycles. The molecular formula is C9H14F3NO4. The number of hydrogen-bond acceptors (Lipinski definition) is 4. The van der Waals surface area contributed by atoms with Gasteiger partial charge in [-0.05, 0) is 6.92 Å². The first kappa shape index (κ1) is 15.7. The molecular weight excluding hydrogens is 243 g/mol. The number of carbonyl (C=O) groups is 2. The molecule has 17 heavy (non-hydrogen) atoms. The van der Waals surface area contributed by atoms with Gasteiger partial charge in [0.05, 0.1) is 19.6 Å². The number of rotatable bonds is 5. The van der Waals surface area contributed by atoms with Gasteiger partial charge < -0.3 is 14.7 Å². The summed E-state index contributed by atoms with van der Waals surface area (Å²) in [4.78, 5) is 22.1. The third kappa shape index (κ3) is 6.10. The molecule has 5 nitrogen and oxygen atoms in total. The molecule has 0 fully saturated rings. The van der Waals surface area contributed by atoms with Gasteiger partial charge in [0.15, 0.2) is 0 Å². The SMILES string of the molecule is COC(=O)CCN(CC(C)O)C(=O)C(F)(F)F. The number of hydrogen-bond donors (Lipinski definition) is 1. The fourth-order valence-corrected chi connectivity index (χ4v) is 1.10. The largest absolute Gasteiger partial charge is 0.471 e. The van der Waals surface area contributed by atoms with Crippen LogP contribution < -0.4 is 0 Å². The lowest BCUT2D eigenvalue weighted by atomic mass is 10.3. The first-order valence-corrected chi connectivity index (χ1v) is 4.79. The molecule has 0 aliphatic rings. The minimum atomic E-state index is -5.02. The maximum absolute atomic E-state index is 12.2. The molecule has 0 saturated heterocycles. The molecule has 0 aromatic rings. The van der Waals surface area contributed by atoms with Crippen LogP contribution in [-0.4, -0.2) is 54.4 Å². The van der Waals surface area contributed by atoms with E-state index in [2.05, 4.69) is 4.74 Å². The fourth-order valence-electron chi connectivity index (χ4n) is 1.10. The van der Waals surface area contributed by atoms with Gasteiger partial charge in [-0.25, -0.2) is 0 Å². The minimum absolute atomic E-state index is 0.356. The van der Waals surface area contributed by atoms with Gasteiger partial charge in [0, 0.05) is 13.1 Å². The average Bonchev–Trinajstić information content (AvgIpc) is 2.20. The number of alkyl halides is 3. The number of aliphatic hydroxyl groups is 1. The zero-order valence-electron chi connectivity index (χ0n) is 9.45. The van der Waals surface area contributed by atoms with Crippen LogP contribution >= 0.6 is 0 Å². The topological polar surface area (TPSA) is 66.8 Å². The van der Waals surface area contributed by atoms with Crippen LogP contribution in [0.3, 0.4) is 0 Å². The first-order valence-electron chi connectivity index (χ1n) is 4.79. The monoisotopic (exact) mass is 257 g/mol. The van der Waals surface area contributed by atoms with Crippen molar-refractivity contribution < 1.29 is 32.6 Å². The Morgan fingerprint density at radius 2 is 1.94 bits per heavy atom. The Morgan fingerprint density at radius 3 is 2.29 bits per heavy atom. The number of carbonyl (C=O) groups excluding carboxylic acids is 2. The van der Waals surface area contributed by atoms with Crippen LogP contribution in [0.2, 0.25) is 0 Å². The van der Waals surface area contributed by atoms with E-state index in [-0.39, 0.29) is 6.42 Å². The molecule has 0 bridgehead atoms. The van der Waals surface area contributed by atoms with E-state index in [4.69, 9.17) is 5.11 Å². The second-order valence-corrected chi connectivity index (χ2v) is 3.42. The lowest BCUT2D eigenvalue weighted by Gasteiger charge is -2.24. The minimum Gasteiger partial charge on any atom is -0.469 e. The predicted octanol–water partition coefficient (Wildman–Crippen LogP) is 0.321. The van der Waals surface area contributed by atoms with E-state index in [1.54, 1.807) is 0 Å². The Balaban J connectivity index is 4.54. The van der Waals surface area contributed by atoms with Gasteiger partial charge in [-0.15, -0.1) is 0 Å². The van der Waals surface area contributed by atoms with Crippen molar-refractivity contribution in [1.82, 2.24) is 4.90 Å². The molecule has 1 unspecified atom stereocenters. The zero-order valence-corrected chi connectivity index (χ0v) is 9.45. The molecule has 1 amide bonds. The number of ether oxygens (including phenoxy) is 1. The van der Waals surface area contributed by atoms with Gasteiger partial charge >= 0.3 is 18.1 Å². The third-order valence-electron chi connectivity index (χ3n) is 1.83. The third-order valence-corrected chi connectivity index (χ3v) is 1.83. The van der Waals surface area contributed by atoms with Crippen LogP contribution in [0.5, 0.6) is 0 Å². The highest BCUT2D eigenvalue weighted by molar-refractivity contribution is 5.82. The zero-order chi connectivity index (χ0) is 13.6. The van der Waals surface area contributed by atoms with Crippen LogP contribution in [0.1, 0.15) is 13.3 Å². The van der Waals surface area contributed by atoms with Crippen LogP contribution in [0.4, 0.5) is 13.2 Å². The van der Waals surface area contributed by atoms with Crippen molar-refractivity contribution in [3.8, 4) is 0 Å². The van der Waals surface area contributed by atoms with E-state index < -0.39 is 37.2 Å². The molecule has 0 spiro atoms. The lowest BCUT2D eigenvalue weighted by Crippen LogP contribution is -2.45. The van der Waals surface area contributed by atoms with E-state index in [9.17, 15) is 22.8 Å². The molecule has 0 aliphatic carbocycles. The van der Waals surface area contributed by atoms with Crippen molar-refractivity contribution >= 4 is 11.9 Å². The lowest BCUT2D eigenvalue weighted by molar-refractivity contribution is -0.186. The van der Waals surface area contributed by atoms with Crippen molar-refractivity contribution in [3.05, 3.63) is 0 Å². The Kier molecular flexibility index (Phi) is 5.94. The summed E-state index contributed by atoms with van der Waals surface area (Å²) < 4.78 is 40.8. The number of methoxy groups -OCH3 is 1. The van der Waals surface area contributed by atoms with Gasteiger partial charge in [-0.1, -0.05) is 0 Å². The number of amides is 1. The molecule has 0 rings (SSSR count). The summed E-state index contributed by atoms with van der Waals surface area (Å²) in [7, 11) is 1.09. The van der Waals surface area contributed by atoms with Crippen molar-refractivity contribution in [2.75, 3.05) is 20.2 Å². The van der Waals surface area contributed by atoms with Crippen molar-refractivity contribution in [2.24, 2.45) is 0 Å². The molecule has 8 heteroatoms. The summed E-state index contributed by atoms with van der Waals surface area (Å²) in [6.45, 7) is 0.306. The summed E-state index contributed by atoms with van der Waals surface area (Å²) >= 11 is 0. The van der Waals surface area contributed by atoms with Crippen LogP contribution in [0.25, 0.3) is 0 Å². The molecule has 1 atom stereocenters. The highest BCUT2D eigenvalue weighted by atomic mass is 19.4. The van der Waals surface area contributed by atoms with E-state index in [1.165, 1.54) is 6.92 Å². The van der Waals surface area contributed by atoms with Gasteiger partial charge in [0.1, 0.15) is 0 Å². The first-order chi connectivity index (χ1) is 7.68. The highest BCUT2D eigenvalue weighted by Crippen LogP contribution is 2.18. The van der Waals surface area contributed by atoms with E-state index >= 15 is 0 Å². The predicted molar refractivity (Wildman–Crippen MR) is 50.9 cm³/mol. The second kappa shape index (κ2) is 6.43. The van der Waals surface area contributed by atoms with Gasteiger partial charge in [0.2, 0.25) is 0 Å². The van der Waals surface area contributed by atoms with Crippen LogP contribution in [0, 0.1) is 0 Å². The average molecular weight is 257 g/mol. The normalized spacial score (nSPS) is 13.1. The Bertz CT molecular complexity index is 278. The standard InChI is InChI=1S/C9H14F3NO4/c1-6(14)5-13(4-3-7(15)17-2)8(16)9(10,11)12/h6,14H,3-5H2,1-2H3. The van der Waals surface area contributed by atoms with E-state index in [1.807, 2.05) is 0 Å². The molecule has 0 aromatic heterocycles. The van der Waals surface area contributed by atoms with Crippen molar-refractivity contribution in [3.63, 3.8) is 0 Å². The summed E-state index contributed by atoms with van der Waals surface area (Å²) in [5.41, 5.74) is 0. The molecule has 0 aliphatic heterocycles. The fraction of sp³-hybridized carbons (Fsp3) is 0.778. The summed E-state index contributed by atoms with van der Waals surface area (Å²) in [6, 6.07) is 0. The van der Waals surface area contributed by atoms with E-state index in [0.29, 0.717) is 4.90 Å². The van der Waals surface area contributed by atoms with Crippen LogP contribution in [-0.2, 0) is 14.3 Å². The summed E-state index contributed by atoms with van der Waals surface area (Å²) in [5, 5.41) is 8.98. The van der Waals surface area contributed by atoms with Gasteiger partial charge in [0.25, 0.3) is 0 Å². The number of halogens is 3. The summed E-state index contributed by atoms with van der Waals surface area (Å²) in [5.74, 6) is -2.81. The summed E-state index contributed by atoms with van der Waals surface area (Å²) in [6.07, 6.45) is -6.49. The van der Waals surface area contributed by atoms with Crippen molar-refractivity contribution in [1.29, 1.82) is 0 Å². The number of esters is 1. The van der Waals surface area contributed by atoms with E-state index in [0.717, 1.165) is 7.11 Å². The Morgan fingerprint density at radius 1 is 1.41 bits per heavy atom. The highest BCUT2D eigenvalue weighted by Gasteiger charge is 2.42. The number of aliphatic hydroxyl groups excluding tert-OH is 1. The van der Waals surface area contributed by atoms with Crippen molar-refractivity contribution in [2.45, 2.75) is 25.6 Å². The maximum atomic E-state index is 12.2. The molecule has 100 valence electrons. The maximum Gasteiger partial charge on any atom is 0.471 e. The number of nitrogens with zero attached hydrogens (tertiary/aromatic N) is 1. The smallest absolute Gasteiger partial charge is 0.469 e. The van der Waals surface area contributed by atoms with Gasteiger partial charge in [-0.2, -0.15) is 13.2 Å². The molecule has 1 N–H and O–H groups in total.